The Morgan fingerprint density at radius 3 is 3.06 bits per heavy atom. The summed E-state index contributed by atoms with van der Waals surface area (Å²) in [5.74, 6) is 0.781. The molecule has 96 valence electrons. The number of nitrogens with one attached hydrogen (secondary N) is 1. The fourth-order valence-corrected chi connectivity index (χ4v) is 1.75. The Labute approximate surface area is 107 Å². The molecular weight excluding hydrogens is 228 g/mol. The second kappa shape index (κ2) is 6.05. The summed E-state index contributed by atoms with van der Waals surface area (Å²) in [5.41, 5.74) is 1.98. The summed E-state index contributed by atoms with van der Waals surface area (Å²) in [5, 5.41) is 3.37. The zero-order valence-electron chi connectivity index (χ0n) is 10.8. The zero-order chi connectivity index (χ0) is 12.8. The third kappa shape index (κ3) is 3.23. The molecule has 18 heavy (non-hydrogen) atoms. The van der Waals surface area contributed by atoms with Gasteiger partial charge in [0.25, 0.3) is 0 Å². The van der Waals surface area contributed by atoms with Crippen LogP contribution in [-0.2, 0) is 6.54 Å². The molecule has 0 amide bonds. The van der Waals surface area contributed by atoms with Crippen molar-refractivity contribution in [1.29, 1.82) is 0 Å². The van der Waals surface area contributed by atoms with Crippen molar-refractivity contribution in [2.24, 2.45) is 0 Å². The molecule has 2 aromatic rings. The molecule has 2 aromatic heterocycles. The van der Waals surface area contributed by atoms with Crippen LogP contribution in [0.3, 0.4) is 0 Å². The highest BCUT2D eigenvalue weighted by Gasteiger charge is 2.02. The van der Waals surface area contributed by atoms with Crippen LogP contribution in [0.5, 0.6) is 5.75 Å². The first-order chi connectivity index (χ1) is 8.79. The summed E-state index contributed by atoms with van der Waals surface area (Å²) in [6.45, 7) is 3.81. The summed E-state index contributed by atoms with van der Waals surface area (Å²) >= 11 is 0. The van der Waals surface area contributed by atoms with Crippen molar-refractivity contribution in [1.82, 2.24) is 14.5 Å². The minimum absolute atomic E-state index is 0.781. The van der Waals surface area contributed by atoms with Crippen molar-refractivity contribution in [3.8, 4) is 5.75 Å². The van der Waals surface area contributed by atoms with Gasteiger partial charge in [0.2, 0.25) is 0 Å². The molecule has 0 radical (unpaired) electrons. The number of pyridine rings is 1. The number of ether oxygens (including phenoxy) is 1. The van der Waals surface area contributed by atoms with Crippen LogP contribution in [0.25, 0.3) is 0 Å². The number of imidazole rings is 1. The summed E-state index contributed by atoms with van der Waals surface area (Å²) in [6, 6.07) is 2.00. The molecule has 0 fully saturated rings. The Bertz CT molecular complexity index is 482. The van der Waals surface area contributed by atoms with E-state index in [1.165, 1.54) is 0 Å². The van der Waals surface area contributed by atoms with Gasteiger partial charge in [0.15, 0.2) is 5.75 Å². The van der Waals surface area contributed by atoms with Gasteiger partial charge in [0.05, 0.1) is 25.3 Å². The maximum atomic E-state index is 5.26. The molecule has 0 saturated heterocycles. The third-order valence-electron chi connectivity index (χ3n) is 2.69. The minimum Gasteiger partial charge on any atom is -0.493 e. The van der Waals surface area contributed by atoms with E-state index in [0.29, 0.717) is 0 Å². The number of hydrogen-bond donors (Lipinski definition) is 1. The lowest BCUT2D eigenvalue weighted by atomic mass is 10.3. The summed E-state index contributed by atoms with van der Waals surface area (Å²) in [7, 11) is 1.66. The minimum atomic E-state index is 0.781. The van der Waals surface area contributed by atoms with Crippen molar-refractivity contribution in [2.75, 3.05) is 19.0 Å². The van der Waals surface area contributed by atoms with E-state index >= 15 is 0 Å². The van der Waals surface area contributed by atoms with Crippen LogP contribution in [0, 0.1) is 6.92 Å². The molecular formula is C13H18N4O. The Balaban J connectivity index is 1.84. The Hall–Kier alpha value is -2.04. The predicted octanol–water partition coefficient (Wildman–Crippen LogP) is 2.10. The highest BCUT2D eigenvalue weighted by atomic mass is 16.5. The highest BCUT2D eigenvalue weighted by Crippen LogP contribution is 2.23. The molecule has 2 heterocycles. The monoisotopic (exact) mass is 246 g/mol. The SMILES string of the molecule is COc1cnc(C)cc1NCCCn1ccnc1. The van der Waals surface area contributed by atoms with E-state index in [4.69, 9.17) is 4.74 Å². The molecule has 0 aliphatic rings. The molecule has 0 aliphatic heterocycles. The van der Waals surface area contributed by atoms with E-state index in [9.17, 15) is 0 Å². The van der Waals surface area contributed by atoms with Gasteiger partial charge in [-0.2, -0.15) is 0 Å². The van der Waals surface area contributed by atoms with Crippen molar-refractivity contribution >= 4 is 5.69 Å². The number of methoxy groups -OCH3 is 1. The molecule has 2 rings (SSSR count). The molecule has 0 unspecified atom stereocenters. The average molecular weight is 246 g/mol. The van der Waals surface area contributed by atoms with Crippen molar-refractivity contribution < 1.29 is 4.74 Å². The van der Waals surface area contributed by atoms with Gasteiger partial charge < -0.3 is 14.6 Å². The molecule has 0 aromatic carbocycles. The van der Waals surface area contributed by atoms with E-state index in [1.807, 2.05) is 25.5 Å². The van der Waals surface area contributed by atoms with Crippen LogP contribution in [-0.4, -0.2) is 28.2 Å². The fraction of sp³-hybridized carbons (Fsp3) is 0.385. The highest BCUT2D eigenvalue weighted by molar-refractivity contribution is 5.55. The van der Waals surface area contributed by atoms with Gasteiger partial charge in [-0.05, 0) is 19.4 Å². The first kappa shape index (κ1) is 12.4. The quantitative estimate of drug-likeness (QED) is 0.793. The lowest BCUT2D eigenvalue weighted by Gasteiger charge is -2.11. The molecule has 0 saturated carbocycles. The average Bonchev–Trinajstić information content (AvgIpc) is 2.88. The van der Waals surface area contributed by atoms with Crippen LogP contribution in [0.1, 0.15) is 12.1 Å². The van der Waals surface area contributed by atoms with Gasteiger partial charge in [-0.1, -0.05) is 0 Å². The standard InChI is InChI=1S/C13H18N4O/c1-11-8-12(13(18-2)9-16-11)15-4-3-6-17-7-5-14-10-17/h5,7-10H,3-4,6H2,1-2H3,(H,15,16). The van der Waals surface area contributed by atoms with Crippen molar-refractivity contribution in [3.63, 3.8) is 0 Å². The van der Waals surface area contributed by atoms with Crippen LogP contribution in [0.2, 0.25) is 0 Å². The lowest BCUT2D eigenvalue weighted by molar-refractivity contribution is 0.414. The van der Waals surface area contributed by atoms with E-state index in [-0.39, 0.29) is 0 Å². The van der Waals surface area contributed by atoms with E-state index in [1.54, 1.807) is 19.5 Å². The number of hydrogen-bond acceptors (Lipinski definition) is 4. The second-order valence-corrected chi connectivity index (χ2v) is 4.11. The Morgan fingerprint density at radius 1 is 1.44 bits per heavy atom. The smallest absolute Gasteiger partial charge is 0.160 e. The van der Waals surface area contributed by atoms with E-state index in [0.717, 1.165) is 36.6 Å². The molecule has 0 bridgehead atoms. The van der Waals surface area contributed by atoms with Crippen LogP contribution >= 0.6 is 0 Å². The largest absolute Gasteiger partial charge is 0.493 e. The molecule has 5 heteroatoms. The molecule has 0 spiro atoms. The van der Waals surface area contributed by atoms with Crippen LogP contribution in [0.4, 0.5) is 5.69 Å². The van der Waals surface area contributed by atoms with E-state index < -0.39 is 0 Å². The van der Waals surface area contributed by atoms with Gasteiger partial charge in [0, 0.05) is 31.2 Å². The molecule has 1 N–H and O–H groups in total. The number of aryl methyl sites for hydroxylation is 2. The first-order valence-corrected chi connectivity index (χ1v) is 6.00. The second-order valence-electron chi connectivity index (χ2n) is 4.11. The topological polar surface area (TPSA) is 52.0 Å². The maximum absolute atomic E-state index is 5.26. The fourth-order valence-electron chi connectivity index (χ4n) is 1.75. The molecule has 5 nitrogen and oxygen atoms in total. The van der Waals surface area contributed by atoms with Crippen LogP contribution in [0.15, 0.2) is 31.0 Å². The molecule has 0 atom stereocenters. The van der Waals surface area contributed by atoms with Gasteiger partial charge in [-0.25, -0.2) is 4.98 Å². The number of nitrogens with zero attached hydrogens (tertiary/aromatic N) is 3. The van der Waals surface area contributed by atoms with Crippen molar-refractivity contribution in [2.45, 2.75) is 19.9 Å². The van der Waals surface area contributed by atoms with Crippen LogP contribution < -0.4 is 10.1 Å². The zero-order valence-corrected chi connectivity index (χ0v) is 10.8. The van der Waals surface area contributed by atoms with Gasteiger partial charge in [-0.3, -0.25) is 4.98 Å². The number of aromatic nitrogens is 3. The summed E-state index contributed by atoms with van der Waals surface area (Å²) in [6.07, 6.45) is 8.37. The number of rotatable bonds is 6. The maximum Gasteiger partial charge on any atom is 0.160 e. The molecule has 0 aliphatic carbocycles. The third-order valence-corrected chi connectivity index (χ3v) is 2.69. The normalized spacial score (nSPS) is 10.3. The Kier molecular flexibility index (Phi) is 4.17. The summed E-state index contributed by atoms with van der Waals surface area (Å²) < 4.78 is 7.33. The first-order valence-electron chi connectivity index (χ1n) is 6.00. The summed E-state index contributed by atoms with van der Waals surface area (Å²) in [4.78, 5) is 8.21. The number of anilines is 1. The predicted molar refractivity (Wildman–Crippen MR) is 70.9 cm³/mol. The lowest BCUT2D eigenvalue weighted by Crippen LogP contribution is -2.07. The van der Waals surface area contributed by atoms with Gasteiger partial charge >= 0.3 is 0 Å². The van der Waals surface area contributed by atoms with Gasteiger partial charge in [0.1, 0.15) is 0 Å². The van der Waals surface area contributed by atoms with E-state index in [2.05, 4.69) is 19.9 Å². The van der Waals surface area contributed by atoms with Gasteiger partial charge in [-0.15, -0.1) is 0 Å². The van der Waals surface area contributed by atoms with Crippen molar-refractivity contribution in [3.05, 3.63) is 36.7 Å². The Morgan fingerprint density at radius 2 is 2.33 bits per heavy atom.